The van der Waals surface area contributed by atoms with Gasteiger partial charge in [-0.05, 0) is 76.0 Å². The largest absolute Gasteiger partial charge is 0.251 e. The van der Waals surface area contributed by atoms with Crippen LogP contribution in [-0.2, 0) is 0 Å². The topological polar surface area (TPSA) is 15.3 Å². The summed E-state index contributed by atoms with van der Waals surface area (Å²) in [5.41, 5.74) is 3.99. The van der Waals surface area contributed by atoms with Gasteiger partial charge in [0.25, 0.3) is 0 Å². The number of nitrogens with one attached hydrogen (secondary N) is 1. The Morgan fingerprint density at radius 3 is 2.26 bits per heavy atom. The smallest absolute Gasteiger partial charge is 0.0249 e. The molecular weight excluding hydrogens is 232 g/mol. The highest BCUT2D eigenvalue weighted by Gasteiger charge is 2.54. The van der Waals surface area contributed by atoms with Crippen LogP contribution in [0, 0.1) is 23.7 Å². The minimum absolute atomic E-state index is 0.738. The Morgan fingerprint density at radius 1 is 0.789 bits per heavy atom. The van der Waals surface area contributed by atoms with Gasteiger partial charge in [0.1, 0.15) is 0 Å². The monoisotopic (exact) mass is 262 g/mol. The summed E-state index contributed by atoms with van der Waals surface area (Å²) in [5, 5.41) is 2.62. The van der Waals surface area contributed by atoms with Gasteiger partial charge >= 0.3 is 0 Å². The molecule has 7 atom stereocenters. The number of fused-ring (bicyclic) bond motifs is 5. The predicted molar refractivity (Wildman–Crippen MR) is 78.6 cm³/mol. The van der Waals surface area contributed by atoms with Crippen LogP contribution < -0.4 is 5.43 Å². The first-order valence-corrected chi connectivity index (χ1v) is 8.78. The first kappa shape index (κ1) is 12.6. The molecule has 3 saturated carbocycles. The number of hydrogen-bond donors (Lipinski definition) is 1. The maximum atomic E-state index is 3.99. The molecule has 0 spiro atoms. The van der Waals surface area contributed by atoms with E-state index in [1.807, 2.05) is 0 Å². The molecule has 108 valence electrons. The summed E-state index contributed by atoms with van der Waals surface area (Å²) in [6.07, 6.45) is 11.8. The second-order valence-electron chi connectivity index (χ2n) is 7.93. The van der Waals surface area contributed by atoms with Crippen LogP contribution in [-0.4, -0.2) is 23.1 Å². The van der Waals surface area contributed by atoms with E-state index in [4.69, 9.17) is 0 Å². The lowest BCUT2D eigenvalue weighted by Crippen LogP contribution is -2.57. The van der Waals surface area contributed by atoms with Crippen molar-refractivity contribution in [2.75, 3.05) is 0 Å². The Bertz CT molecular complexity index is 332. The van der Waals surface area contributed by atoms with Crippen molar-refractivity contribution in [3.8, 4) is 0 Å². The van der Waals surface area contributed by atoms with Gasteiger partial charge in [-0.25, -0.2) is 5.01 Å². The molecule has 2 bridgehead atoms. The molecular formula is C17H30N2. The van der Waals surface area contributed by atoms with E-state index in [0.717, 1.165) is 41.8 Å². The van der Waals surface area contributed by atoms with Gasteiger partial charge in [0.15, 0.2) is 0 Å². The van der Waals surface area contributed by atoms with Gasteiger partial charge in [-0.15, -0.1) is 0 Å². The zero-order chi connectivity index (χ0) is 13.0. The SMILES string of the molecule is CC1CCCC(C)N1NC1CC2CC1C1CCCC21. The van der Waals surface area contributed by atoms with E-state index in [9.17, 15) is 0 Å². The molecule has 4 rings (SSSR count). The third-order valence-corrected chi connectivity index (χ3v) is 6.94. The Balaban J connectivity index is 1.44. The second kappa shape index (κ2) is 4.73. The average molecular weight is 262 g/mol. The first-order valence-electron chi connectivity index (χ1n) is 8.78. The van der Waals surface area contributed by atoms with E-state index < -0.39 is 0 Å². The Labute approximate surface area is 118 Å². The summed E-state index contributed by atoms with van der Waals surface area (Å²) in [6.45, 7) is 4.82. The first-order chi connectivity index (χ1) is 9.24. The van der Waals surface area contributed by atoms with E-state index in [0.29, 0.717) is 0 Å². The van der Waals surface area contributed by atoms with E-state index in [1.165, 1.54) is 38.5 Å². The summed E-state index contributed by atoms with van der Waals surface area (Å²) >= 11 is 0. The molecule has 0 aromatic carbocycles. The molecule has 0 radical (unpaired) electrons. The summed E-state index contributed by atoms with van der Waals surface area (Å²) in [7, 11) is 0. The highest BCUT2D eigenvalue weighted by atomic mass is 15.5. The molecule has 1 N–H and O–H groups in total. The Morgan fingerprint density at radius 2 is 1.47 bits per heavy atom. The number of hydrazine groups is 1. The molecule has 4 aliphatic rings. The van der Waals surface area contributed by atoms with Crippen LogP contribution in [0.25, 0.3) is 0 Å². The maximum Gasteiger partial charge on any atom is 0.0249 e. The maximum absolute atomic E-state index is 3.99. The third-order valence-electron chi connectivity index (χ3n) is 6.94. The van der Waals surface area contributed by atoms with Crippen LogP contribution in [0.1, 0.15) is 65.2 Å². The van der Waals surface area contributed by atoms with Crippen LogP contribution >= 0.6 is 0 Å². The zero-order valence-electron chi connectivity index (χ0n) is 12.6. The molecule has 0 amide bonds. The molecule has 1 heterocycles. The molecule has 2 heteroatoms. The lowest BCUT2D eigenvalue weighted by molar-refractivity contribution is 0.0100. The second-order valence-corrected chi connectivity index (χ2v) is 7.93. The van der Waals surface area contributed by atoms with Gasteiger partial charge in [0.05, 0.1) is 0 Å². The van der Waals surface area contributed by atoms with Gasteiger partial charge < -0.3 is 0 Å². The summed E-state index contributed by atoms with van der Waals surface area (Å²) in [6, 6.07) is 2.29. The fraction of sp³-hybridized carbons (Fsp3) is 1.00. The number of nitrogens with zero attached hydrogens (tertiary/aromatic N) is 1. The third kappa shape index (κ3) is 1.98. The highest BCUT2D eigenvalue weighted by molar-refractivity contribution is 5.05. The van der Waals surface area contributed by atoms with E-state index >= 15 is 0 Å². The van der Waals surface area contributed by atoms with Gasteiger partial charge in [-0.1, -0.05) is 12.8 Å². The van der Waals surface area contributed by atoms with Crippen LogP contribution in [0.3, 0.4) is 0 Å². The van der Waals surface area contributed by atoms with Crippen molar-refractivity contribution in [3.63, 3.8) is 0 Å². The van der Waals surface area contributed by atoms with Crippen molar-refractivity contribution in [3.05, 3.63) is 0 Å². The molecule has 3 aliphatic carbocycles. The van der Waals surface area contributed by atoms with Crippen LogP contribution in [0.15, 0.2) is 0 Å². The standard InChI is InChI=1S/C17H30N2/c1-11-5-3-6-12(2)19(11)18-17-10-13-9-16(17)15-8-4-7-14(13)15/h11-18H,3-10H2,1-2H3. The molecule has 1 saturated heterocycles. The number of hydrogen-bond acceptors (Lipinski definition) is 2. The molecule has 4 fully saturated rings. The fourth-order valence-corrected chi connectivity index (χ4v) is 6.08. The van der Waals surface area contributed by atoms with Gasteiger partial charge in [-0.2, -0.15) is 0 Å². The molecule has 19 heavy (non-hydrogen) atoms. The summed E-state index contributed by atoms with van der Waals surface area (Å²) in [5.74, 6) is 4.30. The minimum Gasteiger partial charge on any atom is -0.251 e. The Hall–Kier alpha value is -0.0800. The van der Waals surface area contributed by atoms with E-state index in [1.54, 1.807) is 12.8 Å². The Kier molecular flexibility index (Phi) is 3.15. The van der Waals surface area contributed by atoms with E-state index in [-0.39, 0.29) is 0 Å². The van der Waals surface area contributed by atoms with Crippen molar-refractivity contribution in [1.29, 1.82) is 0 Å². The lowest BCUT2D eigenvalue weighted by atomic mass is 9.79. The van der Waals surface area contributed by atoms with Crippen LogP contribution in [0.5, 0.6) is 0 Å². The summed E-state index contributed by atoms with van der Waals surface area (Å²) < 4.78 is 0. The average Bonchev–Trinajstić information content (AvgIpc) is 3.05. The predicted octanol–water partition coefficient (Wildman–Crippen LogP) is 3.58. The quantitative estimate of drug-likeness (QED) is 0.818. The van der Waals surface area contributed by atoms with Crippen molar-refractivity contribution in [2.24, 2.45) is 23.7 Å². The van der Waals surface area contributed by atoms with Crippen LogP contribution in [0.2, 0.25) is 0 Å². The molecule has 0 aromatic rings. The van der Waals surface area contributed by atoms with Crippen molar-refractivity contribution >= 4 is 0 Å². The number of piperidine rings is 1. The molecule has 7 unspecified atom stereocenters. The van der Waals surface area contributed by atoms with Crippen LogP contribution in [0.4, 0.5) is 0 Å². The van der Waals surface area contributed by atoms with Crippen molar-refractivity contribution in [2.45, 2.75) is 83.3 Å². The molecule has 2 nitrogen and oxygen atoms in total. The zero-order valence-corrected chi connectivity index (χ0v) is 12.6. The lowest BCUT2D eigenvalue weighted by Gasteiger charge is -2.43. The molecule has 0 aromatic heterocycles. The van der Waals surface area contributed by atoms with E-state index in [2.05, 4.69) is 24.3 Å². The van der Waals surface area contributed by atoms with Crippen molar-refractivity contribution in [1.82, 2.24) is 10.4 Å². The number of rotatable bonds is 2. The van der Waals surface area contributed by atoms with Gasteiger partial charge in [0.2, 0.25) is 0 Å². The fourth-order valence-electron chi connectivity index (χ4n) is 6.08. The van der Waals surface area contributed by atoms with Crippen molar-refractivity contribution < 1.29 is 0 Å². The highest BCUT2D eigenvalue weighted by Crippen LogP contribution is 2.58. The minimum atomic E-state index is 0.738. The van der Waals surface area contributed by atoms with Gasteiger partial charge in [0, 0.05) is 18.1 Å². The summed E-state index contributed by atoms with van der Waals surface area (Å²) in [4.78, 5) is 0. The normalized spacial score (nSPS) is 53.7. The van der Waals surface area contributed by atoms with Gasteiger partial charge in [-0.3, -0.25) is 5.43 Å². The molecule has 1 aliphatic heterocycles.